The van der Waals surface area contributed by atoms with Gasteiger partial charge in [-0.3, -0.25) is 14.3 Å². The van der Waals surface area contributed by atoms with Gasteiger partial charge < -0.3 is 9.80 Å². The van der Waals surface area contributed by atoms with Gasteiger partial charge in [0.15, 0.2) is 11.6 Å². The fourth-order valence-corrected chi connectivity index (χ4v) is 4.95. The summed E-state index contributed by atoms with van der Waals surface area (Å²) in [6, 6.07) is 11.8. The van der Waals surface area contributed by atoms with Gasteiger partial charge in [0.25, 0.3) is 0 Å². The number of benzene rings is 2. The van der Waals surface area contributed by atoms with Crippen LogP contribution < -0.4 is 4.90 Å². The quantitative estimate of drug-likeness (QED) is 0.499. The van der Waals surface area contributed by atoms with E-state index >= 15 is 8.78 Å². The number of hydrogen-bond acceptors (Lipinski definition) is 4. The van der Waals surface area contributed by atoms with Crippen molar-refractivity contribution in [2.45, 2.75) is 25.3 Å². The topological polar surface area (TPSA) is 78.8 Å². The zero-order chi connectivity index (χ0) is 27.0. The number of carbonyl (C=O) groups excluding carboxylic acids is 3. The fourth-order valence-electron chi connectivity index (χ4n) is 4.95. The first-order valence-corrected chi connectivity index (χ1v) is 12.2. The van der Waals surface area contributed by atoms with Crippen LogP contribution in [0.4, 0.5) is 19.3 Å². The Morgan fingerprint density at radius 2 is 1.66 bits per heavy atom. The Bertz CT molecular complexity index is 1470. The molecular formula is C28H25F2N5O3. The molecule has 1 unspecified atom stereocenters. The number of carbonyl (C=O) groups is 3. The van der Waals surface area contributed by atoms with Crippen LogP contribution >= 0.6 is 0 Å². The molecule has 2 aliphatic rings. The average molecular weight is 518 g/mol. The summed E-state index contributed by atoms with van der Waals surface area (Å²) in [4.78, 5) is 43.3. The van der Waals surface area contributed by atoms with Crippen LogP contribution in [0.5, 0.6) is 0 Å². The molecule has 0 aliphatic carbocycles. The number of aryl methyl sites for hydroxylation is 1. The molecule has 2 aliphatic heterocycles. The van der Waals surface area contributed by atoms with E-state index in [9.17, 15) is 14.4 Å². The third-order valence-electron chi connectivity index (χ3n) is 7.03. The van der Waals surface area contributed by atoms with E-state index in [1.165, 1.54) is 11.8 Å². The van der Waals surface area contributed by atoms with E-state index in [0.29, 0.717) is 23.4 Å². The fraction of sp³-hybridized carbons (Fsp3) is 0.286. The molecule has 0 bridgehead atoms. The van der Waals surface area contributed by atoms with Crippen molar-refractivity contribution in [3.63, 3.8) is 0 Å². The molecule has 2 saturated heterocycles. The van der Waals surface area contributed by atoms with Gasteiger partial charge in [-0.25, -0.2) is 18.5 Å². The Kier molecular flexibility index (Phi) is 6.45. The lowest BCUT2D eigenvalue weighted by Gasteiger charge is -2.51. The molecule has 1 aromatic heterocycles. The number of halogens is 2. The molecule has 1 atom stereocenters. The average Bonchev–Trinajstić information content (AvgIpc) is 3.30. The molecule has 38 heavy (non-hydrogen) atoms. The lowest BCUT2D eigenvalue weighted by Crippen LogP contribution is -2.72. The van der Waals surface area contributed by atoms with Crippen LogP contribution in [0, 0.1) is 23.5 Å². The summed E-state index contributed by atoms with van der Waals surface area (Å²) >= 11 is 0. The first-order valence-electron chi connectivity index (χ1n) is 12.2. The third kappa shape index (κ3) is 4.41. The summed E-state index contributed by atoms with van der Waals surface area (Å²) in [6.45, 7) is 2.27. The standard InChI is InChI=1S/C28H25F2N5O3/c1-28-18-24(36)35(25-22(29)16-20(17-23(25)30)9-8-19-6-4-3-5-7-19)27(38)34(28)15-14-33(26(28)37)13-11-21-10-12-31-32(21)2/h3-7,10,12,16-17H,11,13-15,18H2,1-2H3. The first-order chi connectivity index (χ1) is 18.2. The lowest BCUT2D eigenvalue weighted by atomic mass is 9.88. The number of aromatic nitrogens is 2. The molecule has 2 fully saturated rings. The SMILES string of the molecule is Cn1nccc1CCN1CCN2C(=O)N(c3c(F)cc(C#Cc4ccccc4)cc3F)C(=O)CC2(C)C1=O. The molecule has 194 valence electrons. The molecule has 0 radical (unpaired) electrons. The number of piperazine rings is 1. The number of hydrogen-bond donors (Lipinski definition) is 0. The zero-order valence-corrected chi connectivity index (χ0v) is 20.9. The maximum absolute atomic E-state index is 15.1. The summed E-state index contributed by atoms with van der Waals surface area (Å²) in [5, 5.41) is 4.12. The number of nitrogens with zero attached hydrogens (tertiary/aromatic N) is 5. The molecule has 8 nitrogen and oxygen atoms in total. The van der Waals surface area contributed by atoms with E-state index in [2.05, 4.69) is 16.9 Å². The van der Waals surface area contributed by atoms with E-state index in [-0.39, 0.29) is 24.6 Å². The van der Waals surface area contributed by atoms with Crippen LogP contribution in [0.2, 0.25) is 0 Å². The minimum atomic E-state index is -1.44. The lowest BCUT2D eigenvalue weighted by molar-refractivity contribution is -0.151. The molecule has 0 N–H and O–H groups in total. The van der Waals surface area contributed by atoms with Crippen LogP contribution in [0.1, 0.15) is 30.2 Å². The Balaban J connectivity index is 1.37. The number of fused-ring (bicyclic) bond motifs is 1. The van der Waals surface area contributed by atoms with E-state index in [0.717, 1.165) is 17.8 Å². The molecule has 0 spiro atoms. The molecular weight excluding hydrogens is 492 g/mol. The van der Waals surface area contributed by atoms with Crippen LogP contribution in [0.15, 0.2) is 54.7 Å². The van der Waals surface area contributed by atoms with Gasteiger partial charge in [0, 0.05) is 56.1 Å². The van der Waals surface area contributed by atoms with E-state index in [4.69, 9.17) is 0 Å². The highest BCUT2D eigenvalue weighted by Gasteiger charge is 2.55. The van der Waals surface area contributed by atoms with Crippen LogP contribution in [0.3, 0.4) is 0 Å². The summed E-state index contributed by atoms with van der Waals surface area (Å²) < 4.78 is 32.0. The monoisotopic (exact) mass is 517 g/mol. The highest BCUT2D eigenvalue weighted by molar-refractivity contribution is 6.19. The summed E-state index contributed by atoms with van der Waals surface area (Å²) in [5.41, 5.74) is -0.536. The van der Waals surface area contributed by atoms with Gasteiger partial charge in [-0.15, -0.1) is 0 Å². The van der Waals surface area contributed by atoms with Crippen molar-refractivity contribution >= 4 is 23.5 Å². The second-order valence-electron chi connectivity index (χ2n) is 9.51. The van der Waals surface area contributed by atoms with E-state index < -0.39 is 41.2 Å². The van der Waals surface area contributed by atoms with Gasteiger partial charge in [-0.05, 0) is 37.3 Å². The van der Waals surface area contributed by atoms with Gasteiger partial charge in [-0.2, -0.15) is 5.10 Å². The Morgan fingerprint density at radius 3 is 2.32 bits per heavy atom. The molecule has 3 aromatic rings. The first kappa shape index (κ1) is 25.1. The van der Waals surface area contributed by atoms with Crippen molar-refractivity contribution < 1.29 is 23.2 Å². The Labute approximate surface area is 218 Å². The minimum absolute atomic E-state index is 0.0616. The van der Waals surface area contributed by atoms with Gasteiger partial charge in [0.1, 0.15) is 11.2 Å². The normalized spacial score (nSPS) is 19.4. The summed E-state index contributed by atoms with van der Waals surface area (Å²) in [5.74, 6) is 2.11. The van der Waals surface area contributed by atoms with Gasteiger partial charge in [0.2, 0.25) is 11.8 Å². The second-order valence-corrected chi connectivity index (χ2v) is 9.51. The Morgan fingerprint density at radius 1 is 0.974 bits per heavy atom. The molecule has 10 heteroatoms. The predicted molar refractivity (Wildman–Crippen MR) is 135 cm³/mol. The smallest absolute Gasteiger partial charge is 0.332 e. The van der Waals surface area contributed by atoms with Gasteiger partial charge in [-0.1, -0.05) is 30.0 Å². The maximum atomic E-state index is 15.1. The maximum Gasteiger partial charge on any atom is 0.332 e. The summed E-state index contributed by atoms with van der Waals surface area (Å²) in [7, 11) is 1.81. The number of imide groups is 1. The van der Waals surface area contributed by atoms with Crippen molar-refractivity contribution in [1.82, 2.24) is 19.6 Å². The van der Waals surface area contributed by atoms with E-state index in [1.807, 2.05) is 19.2 Å². The molecule has 0 saturated carbocycles. The number of rotatable bonds is 4. The highest BCUT2D eigenvalue weighted by Crippen LogP contribution is 2.37. The number of anilines is 1. The van der Waals surface area contributed by atoms with E-state index in [1.54, 1.807) is 40.0 Å². The van der Waals surface area contributed by atoms with Crippen molar-refractivity contribution in [3.8, 4) is 11.8 Å². The predicted octanol–water partition coefficient (Wildman–Crippen LogP) is 3.10. The molecule has 3 heterocycles. The van der Waals surface area contributed by atoms with Crippen LogP contribution in [-0.4, -0.2) is 62.6 Å². The van der Waals surface area contributed by atoms with Crippen LogP contribution in [0.25, 0.3) is 0 Å². The highest BCUT2D eigenvalue weighted by atomic mass is 19.1. The van der Waals surface area contributed by atoms with Crippen molar-refractivity contribution in [3.05, 3.63) is 83.2 Å². The third-order valence-corrected chi connectivity index (χ3v) is 7.03. The summed E-state index contributed by atoms with van der Waals surface area (Å²) in [6.07, 6.45) is 1.83. The van der Waals surface area contributed by atoms with Gasteiger partial charge >= 0.3 is 6.03 Å². The molecule has 5 rings (SSSR count). The largest absolute Gasteiger partial charge is 0.338 e. The van der Waals surface area contributed by atoms with Crippen molar-refractivity contribution in [2.75, 3.05) is 24.5 Å². The molecule has 2 aromatic carbocycles. The second kappa shape index (κ2) is 9.74. The molecule has 4 amide bonds. The van der Waals surface area contributed by atoms with Crippen LogP contribution in [-0.2, 0) is 23.1 Å². The number of amides is 4. The number of urea groups is 1. The minimum Gasteiger partial charge on any atom is -0.338 e. The zero-order valence-electron chi connectivity index (χ0n) is 20.9. The van der Waals surface area contributed by atoms with Crippen molar-refractivity contribution in [2.24, 2.45) is 7.05 Å². The Hall–Kier alpha value is -4.52. The van der Waals surface area contributed by atoms with Crippen molar-refractivity contribution in [1.29, 1.82) is 0 Å². The van der Waals surface area contributed by atoms with Gasteiger partial charge in [0.05, 0.1) is 6.42 Å².